The third-order valence-electron chi connectivity index (χ3n) is 2.54. The van der Waals surface area contributed by atoms with Gasteiger partial charge < -0.3 is 10.5 Å². The summed E-state index contributed by atoms with van der Waals surface area (Å²) < 4.78 is 43.2. The number of ether oxygens (including phenoxy) is 1. The fourth-order valence-electron chi connectivity index (χ4n) is 1.52. The number of hydrogen-bond donors (Lipinski definition) is 1. The summed E-state index contributed by atoms with van der Waals surface area (Å²) in [5.74, 6) is -1.23. The first-order valence-corrected chi connectivity index (χ1v) is 7.39. The molecule has 20 heavy (non-hydrogen) atoms. The second-order valence-corrected chi connectivity index (χ2v) is 6.15. The Kier molecular flexibility index (Phi) is 5.46. The molecule has 0 bridgehead atoms. The highest BCUT2D eigenvalue weighted by Crippen LogP contribution is 2.19. The molecule has 8 heteroatoms. The van der Waals surface area contributed by atoms with E-state index in [-0.39, 0.29) is 30.2 Å². The molecule has 0 aliphatic carbocycles. The number of nitrogens with zero attached hydrogens (tertiary/aromatic N) is 1. The van der Waals surface area contributed by atoms with E-state index in [1.807, 2.05) is 0 Å². The lowest BCUT2D eigenvalue weighted by Gasteiger charge is -2.17. The number of halogens is 1. The average molecular weight is 304 g/mol. The van der Waals surface area contributed by atoms with Gasteiger partial charge in [-0.1, -0.05) is 0 Å². The molecule has 0 aliphatic rings. The van der Waals surface area contributed by atoms with Crippen LogP contribution in [0.1, 0.15) is 13.3 Å². The maximum absolute atomic E-state index is 13.2. The van der Waals surface area contributed by atoms with E-state index in [9.17, 15) is 17.6 Å². The quantitative estimate of drug-likeness (QED) is 0.625. The van der Waals surface area contributed by atoms with Crippen molar-refractivity contribution in [3.8, 4) is 0 Å². The summed E-state index contributed by atoms with van der Waals surface area (Å²) in [6.07, 6.45) is -0.0750. The van der Waals surface area contributed by atoms with E-state index < -0.39 is 21.8 Å². The van der Waals surface area contributed by atoms with Crippen LogP contribution in [0.3, 0.4) is 0 Å². The highest BCUT2D eigenvalue weighted by Gasteiger charge is 2.22. The molecule has 0 radical (unpaired) electrons. The minimum Gasteiger partial charge on any atom is -0.466 e. The minimum absolute atomic E-state index is 0.0161. The second kappa shape index (κ2) is 6.67. The number of nitrogen functional groups attached to an aromatic ring is 1. The van der Waals surface area contributed by atoms with Crippen LogP contribution in [0.25, 0.3) is 0 Å². The molecule has 0 fully saturated rings. The molecule has 0 amide bonds. The normalized spacial score (nSPS) is 11.6. The SMILES string of the molecule is CCOC(=O)CCN(C)S(=O)(=O)c1cc(N)cc(F)c1. The van der Waals surface area contributed by atoms with Crippen molar-refractivity contribution in [3.05, 3.63) is 24.0 Å². The van der Waals surface area contributed by atoms with Crippen molar-refractivity contribution in [1.82, 2.24) is 4.31 Å². The zero-order valence-electron chi connectivity index (χ0n) is 11.3. The van der Waals surface area contributed by atoms with Gasteiger partial charge in [-0.2, -0.15) is 0 Å². The first-order chi connectivity index (χ1) is 9.27. The molecule has 0 spiro atoms. The van der Waals surface area contributed by atoms with Crippen LogP contribution in [0.2, 0.25) is 0 Å². The fraction of sp³-hybridized carbons (Fsp3) is 0.417. The predicted molar refractivity (Wildman–Crippen MR) is 71.9 cm³/mol. The maximum atomic E-state index is 13.2. The van der Waals surface area contributed by atoms with Crippen LogP contribution < -0.4 is 5.73 Å². The lowest BCUT2D eigenvalue weighted by atomic mass is 10.3. The van der Waals surface area contributed by atoms with Crippen LogP contribution in [-0.4, -0.2) is 38.9 Å². The van der Waals surface area contributed by atoms with Gasteiger partial charge in [0.15, 0.2) is 0 Å². The molecule has 0 saturated heterocycles. The van der Waals surface area contributed by atoms with Crippen molar-refractivity contribution in [2.75, 3.05) is 25.9 Å². The van der Waals surface area contributed by atoms with E-state index in [0.29, 0.717) is 0 Å². The van der Waals surface area contributed by atoms with Gasteiger partial charge in [0.25, 0.3) is 0 Å². The monoisotopic (exact) mass is 304 g/mol. The highest BCUT2D eigenvalue weighted by molar-refractivity contribution is 7.89. The summed E-state index contributed by atoms with van der Waals surface area (Å²) in [4.78, 5) is 10.9. The number of nitrogens with two attached hydrogens (primary N) is 1. The smallest absolute Gasteiger partial charge is 0.307 e. The molecule has 6 nitrogen and oxygen atoms in total. The molecule has 0 aromatic heterocycles. The van der Waals surface area contributed by atoms with Gasteiger partial charge in [0.05, 0.1) is 17.9 Å². The van der Waals surface area contributed by atoms with E-state index in [2.05, 4.69) is 0 Å². The molecule has 0 unspecified atom stereocenters. The van der Waals surface area contributed by atoms with Crippen LogP contribution in [-0.2, 0) is 19.6 Å². The van der Waals surface area contributed by atoms with Crippen molar-refractivity contribution >= 4 is 21.7 Å². The van der Waals surface area contributed by atoms with Crippen molar-refractivity contribution in [3.63, 3.8) is 0 Å². The Labute approximate surface area is 117 Å². The Morgan fingerprint density at radius 1 is 1.40 bits per heavy atom. The number of hydrogen-bond acceptors (Lipinski definition) is 5. The van der Waals surface area contributed by atoms with E-state index >= 15 is 0 Å². The van der Waals surface area contributed by atoms with Crippen LogP contribution in [0.4, 0.5) is 10.1 Å². The van der Waals surface area contributed by atoms with E-state index in [0.717, 1.165) is 16.4 Å². The van der Waals surface area contributed by atoms with Gasteiger partial charge >= 0.3 is 5.97 Å². The van der Waals surface area contributed by atoms with Gasteiger partial charge in [-0.3, -0.25) is 4.79 Å². The minimum atomic E-state index is -3.89. The van der Waals surface area contributed by atoms with Crippen molar-refractivity contribution in [2.45, 2.75) is 18.2 Å². The lowest BCUT2D eigenvalue weighted by molar-refractivity contribution is -0.143. The maximum Gasteiger partial charge on any atom is 0.307 e. The van der Waals surface area contributed by atoms with Gasteiger partial charge in [-0.05, 0) is 25.1 Å². The van der Waals surface area contributed by atoms with Crippen LogP contribution in [0.15, 0.2) is 23.1 Å². The van der Waals surface area contributed by atoms with Gasteiger partial charge in [0.1, 0.15) is 5.82 Å². The molecule has 112 valence electrons. The third-order valence-corrected chi connectivity index (χ3v) is 4.37. The summed E-state index contributed by atoms with van der Waals surface area (Å²) in [6.45, 7) is 1.83. The van der Waals surface area contributed by atoms with Crippen molar-refractivity contribution in [2.24, 2.45) is 0 Å². The standard InChI is InChI=1S/C12H17FN2O4S/c1-3-19-12(16)4-5-15(2)20(17,18)11-7-9(13)6-10(14)8-11/h6-8H,3-5,14H2,1-2H3. The molecular formula is C12H17FN2O4S. The summed E-state index contributed by atoms with van der Waals surface area (Å²) in [5.41, 5.74) is 5.44. The lowest BCUT2D eigenvalue weighted by Crippen LogP contribution is -2.29. The summed E-state index contributed by atoms with van der Waals surface area (Å²) in [6, 6.07) is 3.07. The number of esters is 1. The van der Waals surface area contributed by atoms with Gasteiger partial charge in [0, 0.05) is 19.3 Å². The third kappa shape index (κ3) is 4.17. The van der Waals surface area contributed by atoms with Gasteiger partial charge in [-0.15, -0.1) is 0 Å². The Hall–Kier alpha value is -1.67. The first-order valence-electron chi connectivity index (χ1n) is 5.95. The molecule has 0 saturated carbocycles. The summed E-state index contributed by atoms with van der Waals surface area (Å²) in [7, 11) is -2.59. The summed E-state index contributed by atoms with van der Waals surface area (Å²) in [5, 5.41) is 0. The number of carbonyl (C=O) groups is 1. The van der Waals surface area contributed by atoms with Gasteiger partial charge in [-0.25, -0.2) is 17.1 Å². The Morgan fingerprint density at radius 2 is 2.05 bits per heavy atom. The summed E-state index contributed by atoms with van der Waals surface area (Å²) >= 11 is 0. The highest BCUT2D eigenvalue weighted by atomic mass is 32.2. The Morgan fingerprint density at radius 3 is 2.60 bits per heavy atom. The number of benzene rings is 1. The predicted octanol–water partition coefficient (Wildman–Crippen LogP) is 0.982. The van der Waals surface area contributed by atoms with Crippen LogP contribution >= 0.6 is 0 Å². The van der Waals surface area contributed by atoms with Crippen LogP contribution in [0, 0.1) is 5.82 Å². The zero-order valence-corrected chi connectivity index (χ0v) is 12.1. The fourth-order valence-corrected chi connectivity index (χ4v) is 2.75. The van der Waals surface area contributed by atoms with E-state index in [1.165, 1.54) is 13.1 Å². The number of anilines is 1. The number of carbonyl (C=O) groups excluding carboxylic acids is 1. The molecule has 1 aromatic rings. The number of rotatable bonds is 6. The number of sulfonamides is 1. The molecule has 0 heterocycles. The molecule has 1 rings (SSSR count). The molecule has 0 aliphatic heterocycles. The van der Waals surface area contributed by atoms with Crippen LogP contribution in [0.5, 0.6) is 0 Å². The average Bonchev–Trinajstić information content (AvgIpc) is 2.35. The van der Waals surface area contributed by atoms with E-state index in [1.54, 1.807) is 6.92 Å². The van der Waals surface area contributed by atoms with E-state index in [4.69, 9.17) is 10.5 Å². The van der Waals surface area contributed by atoms with Gasteiger partial charge in [0.2, 0.25) is 10.0 Å². The molecular weight excluding hydrogens is 287 g/mol. The molecule has 0 atom stereocenters. The van der Waals surface area contributed by atoms with Crippen molar-refractivity contribution in [1.29, 1.82) is 0 Å². The molecule has 1 aromatic carbocycles. The first kappa shape index (κ1) is 16.4. The Bertz CT molecular complexity index is 569. The molecule has 2 N–H and O–H groups in total. The van der Waals surface area contributed by atoms with Crippen molar-refractivity contribution < 1.29 is 22.3 Å². The second-order valence-electron chi connectivity index (χ2n) is 4.10. The largest absolute Gasteiger partial charge is 0.466 e. The topological polar surface area (TPSA) is 89.7 Å². The zero-order chi connectivity index (χ0) is 15.3. The Balaban J connectivity index is 2.84.